The van der Waals surface area contributed by atoms with Gasteiger partial charge in [0.25, 0.3) is 0 Å². The molecule has 0 radical (unpaired) electrons. The third kappa shape index (κ3) is 4.90. The van der Waals surface area contributed by atoms with Gasteiger partial charge in [-0.1, -0.05) is 18.9 Å². The number of hydrogen-bond donors (Lipinski definition) is 1. The first-order valence-corrected chi connectivity index (χ1v) is 9.96. The van der Waals surface area contributed by atoms with Crippen LogP contribution in [0, 0.1) is 0 Å². The zero-order chi connectivity index (χ0) is 18.4. The van der Waals surface area contributed by atoms with E-state index in [0.29, 0.717) is 12.6 Å². The molecular weight excluding hydrogens is 330 g/mol. The number of aliphatic hydroxyl groups is 1. The Bertz CT molecular complexity index is 565. The summed E-state index contributed by atoms with van der Waals surface area (Å²) in [7, 11) is 3.32. The number of likely N-dealkylation sites (tertiary alicyclic amines) is 1. The van der Waals surface area contributed by atoms with Gasteiger partial charge in [0.2, 0.25) is 0 Å². The summed E-state index contributed by atoms with van der Waals surface area (Å²) >= 11 is 0. The minimum atomic E-state index is -0.168. The lowest BCUT2D eigenvalue weighted by Gasteiger charge is -2.42. The van der Waals surface area contributed by atoms with Gasteiger partial charge in [-0.25, -0.2) is 0 Å². The molecule has 1 N–H and O–H groups in total. The fourth-order valence-corrected chi connectivity index (χ4v) is 4.34. The summed E-state index contributed by atoms with van der Waals surface area (Å²) in [6.07, 6.45) is 7.85. The first-order valence-electron chi connectivity index (χ1n) is 9.96. The maximum absolute atomic E-state index is 10.0. The minimum Gasteiger partial charge on any atom is -0.493 e. The lowest BCUT2D eigenvalue weighted by molar-refractivity contribution is -0.0561. The van der Waals surface area contributed by atoms with Gasteiger partial charge in [-0.3, -0.25) is 4.90 Å². The number of β-amino-alcohol motifs (C(OH)–C–C–N with tert-alkyl or cyclic N) is 1. The van der Waals surface area contributed by atoms with Gasteiger partial charge in [0.05, 0.1) is 33.0 Å². The Labute approximate surface area is 157 Å². The first-order chi connectivity index (χ1) is 12.7. The molecule has 1 aromatic carbocycles. The third-order valence-corrected chi connectivity index (χ3v) is 5.74. The Balaban J connectivity index is 1.54. The average Bonchev–Trinajstić information content (AvgIpc) is 2.68. The molecule has 2 fully saturated rings. The van der Waals surface area contributed by atoms with Crippen molar-refractivity contribution in [2.24, 2.45) is 0 Å². The molecule has 0 amide bonds. The third-order valence-electron chi connectivity index (χ3n) is 5.74. The van der Waals surface area contributed by atoms with E-state index in [2.05, 4.69) is 11.0 Å². The molecule has 26 heavy (non-hydrogen) atoms. The van der Waals surface area contributed by atoms with E-state index in [0.717, 1.165) is 50.3 Å². The van der Waals surface area contributed by atoms with Crippen molar-refractivity contribution in [3.8, 4) is 11.5 Å². The number of aliphatic hydroxyl groups excluding tert-OH is 1. The van der Waals surface area contributed by atoms with Crippen molar-refractivity contribution in [1.29, 1.82) is 0 Å². The van der Waals surface area contributed by atoms with E-state index in [1.165, 1.54) is 24.8 Å². The second kappa shape index (κ2) is 9.58. The largest absolute Gasteiger partial charge is 0.493 e. The number of piperidine rings is 1. The molecule has 5 nitrogen and oxygen atoms in total. The SMILES string of the molecule is COc1ccc(CCO[C@@H]2CCCC[C@H]2N2CCC[C@@H](O)C2)cc1OC. The second-order valence-corrected chi connectivity index (χ2v) is 7.49. The van der Waals surface area contributed by atoms with Crippen LogP contribution in [0.2, 0.25) is 0 Å². The minimum absolute atomic E-state index is 0.168. The summed E-state index contributed by atoms with van der Waals surface area (Å²) in [5.74, 6) is 1.52. The summed E-state index contributed by atoms with van der Waals surface area (Å²) in [6.45, 7) is 2.62. The van der Waals surface area contributed by atoms with Crippen LogP contribution < -0.4 is 9.47 Å². The van der Waals surface area contributed by atoms with E-state index in [9.17, 15) is 5.11 Å². The van der Waals surface area contributed by atoms with Crippen molar-refractivity contribution < 1.29 is 19.3 Å². The number of rotatable bonds is 7. The first kappa shape index (κ1) is 19.5. The monoisotopic (exact) mass is 363 g/mol. The highest BCUT2D eigenvalue weighted by molar-refractivity contribution is 5.42. The molecule has 3 atom stereocenters. The van der Waals surface area contributed by atoms with E-state index in [4.69, 9.17) is 14.2 Å². The molecule has 1 aliphatic carbocycles. The predicted octanol–water partition coefficient (Wildman–Crippen LogP) is 3.03. The molecule has 146 valence electrons. The summed E-state index contributed by atoms with van der Waals surface area (Å²) in [6, 6.07) is 6.52. The molecule has 1 heterocycles. The second-order valence-electron chi connectivity index (χ2n) is 7.49. The number of ether oxygens (including phenoxy) is 3. The number of benzene rings is 1. The standard InChI is InChI=1S/C21H33NO4/c1-24-20-10-9-16(14-21(20)25-2)11-13-26-19-8-4-3-7-18(19)22-12-5-6-17(23)15-22/h9-10,14,17-19,23H,3-8,11-13,15H2,1-2H3/t17-,18-,19-/m1/s1. The molecule has 1 aliphatic heterocycles. The summed E-state index contributed by atoms with van der Waals surface area (Å²) in [5.41, 5.74) is 1.20. The number of methoxy groups -OCH3 is 2. The van der Waals surface area contributed by atoms with E-state index < -0.39 is 0 Å². The highest BCUT2D eigenvalue weighted by Gasteiger charge is 2.33. The van der Waals surface area contributed by atoms with Crippen LogP contribution in [0.3, 0.4) is 0 Å². The molecule has 5 heteroatoms. The van der Waals surface area contributed by atoms with Crippen LogP contribution in [0.15, 0.2) is 18.2 Å². The van der Waals surface area contributed by atoms with Crippen molar-refractivity contribution in [1.82, 2.24) is 4.90 Å². The Morgan fingerprint density at radius 3 is 2.62 bits per heavy atom. The van der Waals surface area contributed by atoms with Gasteiger partial charge < -0.3 is 19.3 Å². The van der Waals surface area contributed by atoms with E-state index in [1.807, 2.05) is 12.1 Å². The zero-order valence-electron chi connectivity index (χ0n) is 16.2. The van der Waals surface area contributed by atoms with Crippen molar-refractivity contribution in [3.05, 3.63) is 23.8 Å². The predicted molar refractivity (Wildman–Crippen MR) is 102 cm³/mol. The molecular formula is C21H33NO4. The van der Waals surface area contributed by atoms with Gasteiger partial charge in [-0.2, -0.15) is 0 Å². The summed E-state index contributed by atoms with van der Waals surface area (Å²) < 4.78 is 17.0. The molecule has 1 saturated carbocycles. The van der Waals surface area contributed by atoms with Crippen LogP contribution in [-0.4, -0.2) is 62.2 Å². The van der Waals surface area contributed by atoms with Crippen molar-refractivity contribution in [2.45, 2.75) is 63.2 Å². The maximum Gasteiger partial charge on any atom is 0.160 e. The molecule has 0 bridgehead atoms. The molecule has 2 aliphatic rings. The molecule has 0 aromatic heterocycles. The Morgan fingerprint density at radius 1 is 1.04 bits per heavy atom. The molecule has 3 rings (SSSR count). The quantitative estimate of drug-likeness (QED) is 0.807. The molecule has 0 spiro atoms. The Morgan fingerprint density at radius 2 is 1.85 bits per heavy atom. The lowest BCUT2D eigenvalue weighted by atomic mass is 9.89. The fourth-order valence-electron chi connectivity index (χ4n) is 4.34. The number of hydrogen-bond acceptors (Lipinski definition) is 5. The van der Waals surface area contributed by atoms with Gasteiger partial charge in [0.1, 0.15) is 0 Å². The topological polar surface area (TPSA) is 51.2 Å². The fraction of sp³-hybridized carbons (Fsp3) is 0.714. The van der Waals surface area contributed by atoms with Crippen LogP contribution in [0.1, 0.15) is 44.1 Å². The van der Waals surface area contributed by atoms with E-state index in [-0.39, 0.29) is 12.2 Å². The van der Waals surface area contributed by atoms with E-state index >= 15 is 0 Å². The highest BCUT2D eigenvalue weighted by atomic mass is 16.5. The zero-order valence-corrected chi connectivity index (χ0v) is 16.2. The van der Waals surface area contributed by atoms with Crippen LogP contribution in [0.4, 0.5) is 0 Å². The van der Waals surface area contributed by atoms with Gasteiger partial charge >= 0.3 is 0 Å². The lowest BCUT2D eigenvalue weighted by Crippen LogP contribution is -2.51. The highest BCUT2D eigenvalue weighted by Crippen LogP contribution is 2.29. The average molecular weight is 363 g/mol. The Hall–Kier alpha value is -1.30. The van der Waals surface area contributed by atoms with Crippen LogP contribution >= 0.6 is 0 Å². The number of nitrogens with zero attached hydrogens (tertiary/aromatic N) is 1. The van der Waals surface area contributed by atoms with Gasteiger partial charge in [-0.05, 0) is 56.3 Å². The van der Waals surface area contributed by atoms with Crippen LogP contribution in [-0.2, 0) is 11.2 Å². The summed E-state index contributed by atoms with van der Waals surface area (Å²) in [4.78, 5) is 2.47. The maximum atomic E-state index is 10.0. The smallest absolute Gasteiger partial charge is 0.160 e. The van der Waals surface area contributed by atoms with Crippen molar-refractivity contribution in [3.63, 3.8) is 0 Å². The van der Waals surface area contributed by atoms with Gasteiger partial charge in [0.15, 0.2) is 11.5 Å². The van der Waals surface area contributed by atoms with Crippen molar-refractivity contribution >= 4 is 0 Å². The molecule has 0 unspecified atom stereocenters. The normalized spacial score (nSPS) is 27.3. The van der Waals surface area contributed by atoms with E-state index in [1.54, 1.807) is 14.2 Å². The summed E-state index contributed by atoms with van der Waals surface area (Å²) in [5, 5.41) is 10.0. The van der Waals surface area contributed by atoms with Crippen LogP contribution in [0.5, 0.6) is 11.5 Å². The van der Waals surface area contributed by atoms with Crippen molar-refractivity contribution in [2.75, 3.05) is 33.9 Å². The van der Waals surface area contributed by atoms with Crippen LogP contribution in [0.25, 0.3) is 0 Å². The van der Waals surface area contributed by atoms with Gasteiger partial charge in [-0.15, -0.1) is 0 Å². The molecule has 1 aromatic rings. The Kier molecular flexibility index (Phi) is 7.17. The molecule has 1 saturated heterocycles. The van der Waals surface area contributed by atoms with Gasteiger partial charge in [0, 0.05) is 12.6 Å².